The lowest BCUT2D eigenvalue weighted by atomic mass is 9.70. The average Bonchev–Trinajstić information content (AvgIpc) is 2.02. The van der Waals surface area contributed by atoms with Crippen molar-refractivity contribution in [2.24, 2.45) is 11.8 Å². The number of nitrogens with one attached hydrogen (secondary N) is 1. The molecule has 1 saturated heterocycles. The van der Waals surface area contributed by atoms with Crippen LogP contribution in [0.2, 0.25) is 0 Å². The normalized spacial score (nSPS) is 40.5. The number of rotatable bonds is 0. The summed E-state index contributed by atoms with van der Waals surface area (Å²) in [5, 5.41) is 3.66. The monoisotopic (exact) mass is 167 g/mol. The van der Waals surface area contributed by atoms with E-state index in [2.05, 4.69) is 19.2 Å². The molecule has 0 amide bonds. The van der Waals surface area contributed by atoms with Crippen LogP contribution >= 0.6 is 0 Å². The highest BCUT2D eigenvalue weighted by molar-refractivity contribution is 4.91. The fraction of sp³-hybridized carbons (Fsp3) is 1.00. The number of hydrogen-bond donors (Lipinski definition) is 1. The Morgan fingerprint density at radius 1 is 1.08 bits per heavy atom. The third-order valence-electron chi connectivity index (χ3n) is 3.68. The van der Waals surface area contributed by atoms with Gasteiger partial charge in [0.2, 0.25) is 0 Å². The highest BCUT2D eigenvalue weighted by Gasteiger charge is 2.35. The van der Waals surface area contributed by atoms with E-state index >= 15 is 0 Å². The lowest BCUT2D eigenvalue weighted by Gasteiger charge is -2.44. The van der Waals surface area contributed by atoms with Crippen LogP contribution in [0.15, 0.2) is 0 Å². The van der Waals surface area contributed by atoms with E-state index in [4.69, 9.17) is 0 Å². The summed E-state index contributed by atoms with van der Waals surface area (Å²) in [5.74, 6) is 2.04. The van der Waals surface area contributed by atoms with Gasteiger partial charge in [-0.15, -0.1) is 0 Å². The molecular weight excluding hydrogens is 146 g/mol. The van der Waals surface area contributed by atoms with Crippen LogP contribution in [0.25, 0.3) is 0 Å². The Hall–Kier alpha value is -0.0400. The molecule has 1 N–H and O–H groups in total. The van der Waals surface area contributed by atoms with Crippen molar-refractivity contribution in [2.45, 2.75) is 51.5 Å². The average molecular weight is 167 g/mol. The van der Waals surface area contributed by atoms with Crippen molar-refractivity contribution in [3.05, 3.63) is 0 Å². The second kappa shape index (κ2) is 3.02. The first-order chi connectivity index (χ1) is 5.67. The van der Waals surface area contributed by atoms with Gasteiger partial charge in [-0.1, -0.05) is 19.3 Å². The van der Waals surface area contributed by atoms with E-state index in [0.29, 0.717) is 5.54 Å². The van der Waals surface area contributed by atoms with Gasteiger partial charge in [-0.25, -0.2) is 0 Å². The summed E-state index contributed by atoms with van der Waals surface area (Å²) in [4.78, 5) is 0. The molecule has 2 atom stereocenters. The molecule has 2 rings (SSSR count). The maximum atomic E-state index is 3.66. The van der Waals surface area contributed by atoms with Crippen molar-refractivity contribution in [1.29, 1.82) is 0 Å². The second-order valence-corrected chi connectivity index (χ2v) is 5.27. The van der Waals surface area contributed by atoms with E-state index in [9.17, 15) is 0 Å². The molecule has 1 saturated carbocycles. The van der Waals surface area contributed by atoms with Crippen LogP contribution in [-0.2, 0) is 0 Å². The summed E-state index contributed by atoms with van der Waals surface area (Å²) in [7, 11) is 0. The minimum absolute atomic E-state index is 0.415. The molecule has 1 nitrogen and oxygen atoms in total. The van der Waals surface area contributed by atoms with Gasteiger partial charge in [-0.2, -0.15) is 0 Å². The zero-order chi connectivity index (χ0) is 8.60. The summed E-state index contributed by atoms with van der Waals surface area (Å²) in [5.41, 5.74) is 0.415. The molecule has 1 aliphatic carbocycles. The first-order valence-corrected chi connectivity index (χ1v) is 5.42. The molecule has 1 heterocycles. The zero-order valence-electron chi connectivity index (χ0n) is 8.40. The van der Waals surface area contributed by atoms with Crippen LogP contribution in [-0.4, -0.2) is 12.1 Å². The summed E-state index contributed by atoms with van der Waals surface area (Å²) >= 11 is 0. The van der Waals surface area contributed by atoms with Crippen LogP contribution < -0.4 is 5.32 Å². The molecule has 70 valence electrons. The van der Waals surface area contributed by atoms with Gasteiger partial charge in [0, 0.05) is 5.54 Å². The predicted molar refractivity (Wildman–Crippen MR) is 52.1 cm³/mol. The maximum absolute atomic E-state index is 3.66. The highest BCUT2D eigenvalue weighted by atomic mass is 15.0. The van der Waals surface area contributed by atoms with Gasteiger partial charge in [0.25, 0.3) is 0 Å². The van der Waals surface area contributed by atoms with Crippen LogP contribution in [0, 0.1) is 11.8 Å². The quantitative estimate of drug-likeness (QED) is 0.584. The number of piperidine rings is 1. The summed E-state index contributed by atoms with van der Waals surface area (Å²) in [6, 6.07) is 0. The van der Waals surface area contributed by atoms with Gasteiger partial charge >= 0.3 is 0 Å². The molecule has 0 radical (unpaired) electrons. The molecule has 2 aliphatic rings. The predicted octanol–water partition coefficient (Wildman–Crippen LogP) is 2.56. The van der Waals surface area contributed by atoms with Crippen molar-refractivity contribution >= 4 is 0 Å². The lowest BCUT2D eigenvalue weighted by Crippen LogP contribution is -2.51. The highest BCUT2D eigenvalue weighted by Crippen LogP contribution is 2.38. The smallest absolute Gasteiger partial charge is 0.0128 e. The molecule has 2 unspecified atom stereocenters. The lowest BCUT2D eigenvalue weighted by molar-refractivity contribution is 0.118. The largest absolute Gasteiger partial charge is 0.311 e. The molecule has 0 aromatic rings. The Bertz CT molecular complexity index is 162. The minimum Gasteiger partial charge on any atom is -0.311 e. The van der Waals surface area contributed by atoms with Gasteiger partial charge in [0.1, 0.15) is 0 Å². The van der Waals surface area contributed by atoms with Crippen LogP contribution in [0.3, 0.4) is 0 Å². The van der Waals surface area contributed by atoms with Crippen molar-refractivity contribution in [1.82, 2.24) is 5.32 Å². The first-order valence-electron chi connectivity index (χ1n) is 5.42. The van der Waals surface area contributed by atoms with Crippen molar-refractivity contribution in [3.63, 3.8) is 0 Å². The summed E-state index contributed by atoms with van der Waals surface area (Å²) < 4.78 is 0. The van der Waals surface area contributed by atoms with Gasteiger partial charge in [-0.05, 0) is 45.1 Å². The third-order valence-corrected chi connectivity index (χ3v) is 3.68. The zero-order valence-corrected chi connectivity index (χ0v) is 8.40. The van der Waals surface area contributed by atoms with E-state index in [1.165, 1.54) is 38.6 Å². The van der Waals surface area contributed by atoms with Gasteiger partial charge in [0.05, 0.1) is 0 Å². The molecule has 1 aliphatic heterocycles. The molecule has 2 fully saturated rings. The Labute approximate surface area is 75.9 Å². The third kappa shape index (κ3) is 1.66. The number of fused-ring (bicyclic) bond motifs is 1. The standard InChI is InChI=1S/C11H21N/c1-11(2)7-9-5-3-4-6-10(9)8-12-11/h9-10,12H,3-8H2,1-2H3. The molecular formula is C11H21N. The molecule has 1 heteroatoms. The number of hydrogen-bond acceptors (Lipinski definition) is 1. The minimum atomic E-state index is 0.415. The van der Waals surface area contributed by atoms with Crippen molar-refractivity contribution < 1.29 is 0 Å². The fourth-order valence-corrected chi connectivity index (χ4v) is 2.96. The maximum Gasteiger partial charge on any atom is 0.0128 e. The van der Waals surface area contributed by atoms with E-state index in [1.54, 1.807) is 0 Å². The second-order valence-electron chi connectivity index (χ2n) is 5.27. The molecule has 0 spiro atoms. The van der Waals surface area contributed by atoms with Crippen molar-refractivity contribution in [3.8, 4) is 0 Å². The summed E-state index contributed by atoms with van der Waals surface area (Å²) in [6.45, 7) is 5.97. The molecule has 12 heavy (non-hydrogen) atoms. The van der Waals surface area contributed by atoms with Gasteiger partial charge in [0.15, 0.2) is 0 Å². The van der Waals surface area contributed by atoms with Gasteiger partial charge < -0.3 is 5.32 Å². The molecule has 0 bridgehead atoms. The van der Waals surface area contributed by atoms with Crippen LogP contribution in [0.4, 0.5) is 0 Å². The Morgan fingerprint density at radius 3 is 2.50 bits per heavy atom. The molecule has 0 aromatic heterocycles. The van der Waals surface area contributed by atoms with E-state index in [1.807, 2.05) is 0 Å². The Kier molecular flexibility index (Phi) is 2.16. The van der Waals surface area contributed by atoms with E-state index < -0.39 is 0 Å². The fourth-order valence-electron chi connectivity index (χ4n) is 2.96. The Balaban J connectivity index is 1.99. The van der Waals surface area contributed by atoms with E-state index in [0.717, 1.165) is 11.8 Å². The van der Waals surface area contributed by atoms with E-state index in [-0.39, 0.29) is 0 Å². The van der Waals surface area contributed by atoms with Crippen LogP contribution in [0.5, 0.6) is 0 Å². The molecule has 0 aromatic carbocycles. The van der Waals surface area contributed by atoms with Crippen molar-refractivity contribution in [2.75, 3.05) is 6.54 Å². The Morgan fingerprint density at radius 2 is 1.75 bits per heavy atom. The topological polar surface area (TPSA) is 12.0 Å². The summed E-state index contributed by atoms with van der Waals surface area (Å²) in [6.07, 6.45) is 7.34. The van der Waals surface area contributed by atoms with Gasteiger partial charge in [-0.3, -0.25) is 0 Å². The SMILES string of the molecule is CC1(C)CC2CCCCC2CN1. The first kappa shape index (κ1) is 8.55. The van der Waals surface area contributed by atoms with Crippen LogP contribution in [0.1, 0.15) is 46.0 Å².